The van der Waals surface area contributed by atoms with Crippen molar-refractivity contribution in [3.63, 3.8) is 0 Å². The molecule has 1 aromatic rings. The summed E-state index contributed by atoms with van der Waals surface area (Å²) in [5, 5.41) is 6.94. The molecular weight excluding hydrogens is 346 g/mol. The van der Waals surface area contributed by atoms with Gasteiger partial charge in [0.2, 0.25) is 5.89 Å². The van der Waals surface area contributed by atoms with E-state index in [0.717, 1.165) is 24.0 Å². The predicted molar refractivity (Wildman–Crippen MR) is 109 cm³/mol. The highest BCUT2D eigenvalue weighted by Gasteiger charge is 2.38. The molecule has 6 nitrogen and oxygen atoms in total. The van der Waals surface area contributed by atoms with Crippen molar-refractivity contribution in [2.24, 2.45) is 4.99 Å². The zero-order valence-corrected chi connectivity index (χ0v) is 17.3. The van der Waals surface area contributed by atoms with E-state index in [1.165, 1.54) is 56.7 Å². The van der Waals surface area contributed by atoms with Crippen molar-refractivity contribution < 1.29 is 4.42 Å². The van der Waals surface area contributed by atoms with Gasteiger partial charge in [0.25, 0.3) is 0 Å². The smallest absolute Gasteiger partial charge is 0.214 e. The van der Waals surface area contributed by atoms with Gasteiger partial charge in [0.15, 0.2) is 5.96 Å². The number of rotatable bonds is 5. The van der Waals surface area contributed by atoms with Gasteiger partial charge in [-0.1, -0.05) is 19.3 Å². The van der Waals surface area contributed by atoms with E-state index >= 15 is 0 Å². The molecule has 0 bridgehead atoms. The van der Waals surface area contributed by atoms with Crippen LogP contribution >= 0.6 is 11.8 Å². The summed E-state index contributed by atoms with van der Waals surface area (Å²) in [6, 6.07) is 0. The average Bonchev–Trinajstić information content (AvgIpc) is 3.01. The summed E-state index contributed by atoms with van der Waals surface area (Å²) in [5.74, 6) is 4.95. The van der Waals surface area contributed by atoms with Crippen molar-refractivity contribution in [3.8, 4) is 0 Å². The molecule has 0 spiro atoms. The summed E-state index contributed by atoms with van der Waals surface area (Å²) in [4.78, 5) is 11.6. The molecule has 2 fully saturated rings. The molecule has 1 aliphatic heterocycles. The highest BCUT2D eigenvalue weighted by molar-refractivity contribution is 7.99. The van der Waals surface area contributed by atoms with E-state index in [-0.39, 0.29) is 5.54 Å². The van der Waals surface area contributed by atoms with Crippen LogP contribution in [-0.2, 0) is 6.54 Å². The van der Waals surface area contributed by atoms with Gasteiger partial charge < -0.3 is 15.1 Å². The maximum atomic E-state index is 5.65. The molecule has 1 saturated carbocycles. The number of aryl methyl sites for hydroxylation is 2. The second-order valence-corrected chi connectivity index (χ2v) is 8.64. The van der Waals surface area contributed by atoms with E-state index in [0.29, 0.717) is 12.4 Å². The number of oxazole rings is 1. The molecule has 0 radical (unpaired) electrons. The van der Waals surface area contributed by atoms with E-state index in [2.05, 4.69) is 37.3 Å². The van der Waals surface area contributed by atoms with E-state index in [1.54, 1.807) is 0 Å². The van der Waals surface area contributed by atoms with Crippen molar-refractivity contribution in [2.75, 3.05) is 38.2 Å². The molecule has 2 N–H and O–H groups in total. The third kappa shape index (κ3) is 4.74. The molecule has 0 atom stereocenters. The minimum Gasteiger partial charge on any atom is -0.444 e. The first-order valence-corrected chi connectivity index (χ1v) is 11.0. The standard InChI is InChI=1S/C19H33N5OS/c1-15-16(2)25-17(23-15)13-21-18(20-3)22-14-19(7-5-4-6-8-19)24-9-11-26-12-10-24/h4-14H2,1-3H3,(H2,20,21,22). The Bertz CT molecular complexity index is 584. The Morgan fingerprint density at radius 2 is 1.92 bits per heavy atom. The number of guanidine groups is 1. The molecule has 146 valence electrons. The van der Waals surface area contributed by atoms with Crippen LogP contribution in [0.1, 0.15) is 49.4 Å². The van der Waals surface area contributed by atoms with Gasteiger partial charge in [0, 0.05) is 43.7 Å². The van der Waals surface area contributed by atoms with Crippen LogP contribution in [0.15, 0.2) is 9.41 Å². The molecule has 0 aromatic carbocycles. The minimum absolute atomic E-state index is 0.285. The number of aromatic nitrogens is 1. The van der Waals surface area contributed by atoms with Crippen molar-refractivity contribution in [3.05, 3.63) is 17.3 Å². The fourth-order valence-electron chi connectivity index (χ4n) is 4.10. The summed E-state index contributed by atoms with van der Waals surface area (Å²) < 4.78 is 5.65. The van der Waals surface area contributed by atoms with Crippen LogP contribution in [0, 0.1) is 13.8 Å². The van der Waals surface area contributed by atoms with Crippen LogP contribution in [-0.4, -0.2) is 59.6 Å². The normalized spacial score (nSPS) is 21.6. The largest absolute Gasteiger partial charge is 0.444 e. The first kappa shape index (κ1) is 19.5. The number of nitrogens with one attached hydrogen (secondary N) is 2. The van der Waals surface area contributed by atoms with Gasteiger partial charge >= 0.3 is 0 Å². The van der Waals surface area contributed by atoms with Crippen molar-refractivity contribution >= 4 is 17.7 Å². The van der Waals surface area contributed by atoms with Gasteiger partial charge in [0.1, 0.15) is 5.76 Å². The molecule has 1 saturated heterocycles. The van der Waals surface area contributed by atoms with E-state index in [4.69, 9.17) is 4.42 Å². The Morgan fingerprint density at radius 1 is 1.19 bits per heavy atom. The molecule has 7 heteroatoms. The summed E-state index contributed by atoms with van der Waals surface area (Å²) in [7, 11) is 1.83. The van der Waals surface area contributed by atoms with Crippen molar-refractivity contribution in [1.29, 1.82) is 0 Å². The zero-order valence-electron chi connectivity index (χ0n) is 16.4. The van der Waals surface area contributed by atoms with Gasteiger partial charge in [-0.15, -0.1) is 0 Å². The monoisotopic (exact) mass is 379 g/mol. The second-order valence-electron chi connectivity index (χ2n) is 7.41. The Labute approximate surface area is 161 Å². The van der Waals surface area contributed by atoms with Gasteiger partial charge in [0.05, 0.1) is 12.2 Å². The first-order chi connectivity index (χ1) is 12.6. The average molecular weight is 380 g/mol. The molecule has 1 aromatic heterocycles. The summed E-state index contributed by atoms with van der Waals surface area (Å²) in [5.41, 5.74) is 1.24. The fourth-order valence-corrected chi connectivity index (χ4v) is 5.00. The van der Waals surface area contributed by atoms with Gasteiger partial charge in [-0.05, 0) is 26.7 Å². The van der Waals surface area contributed by atoms with Crippen LogP contribution in [0.4, 0.5) is 0 Å². The minimum atomic E-state index is 0.285. The lowest BCUT2D eigenvalue weighted by Crippen LogP contribution is -2.59. The highest BCUT2D eigenvalue weighted by Crippen LogP contribution is 2.34. The van der Waals surface area contributed by atoms with Crippen molar-refractivity contribution in [2.45, 2.75) is 58.0 Å². The number of thioether (sulfide) groups is 1. The lowest BCUT2D eigenvalue weighted by molar-refractivity contribution is 0.0626. The molecule has 0 amide bonds. The Morgan fingerprint density at radius 3 is 2.54 bits per heavy atom. The lowest BCUT2D eigenvalue weighted by atomic mass is 9.80. The third-order valence-electron chi connectivity index (χ3n) is 5.75. The van der Waals surface area contributed by atoms with Gasteiger partial charge in [-0.2, -0.15) is 11.8 Å². The van der Waals surface area contributed by atoms with Gasteiger partial charge in [-0.3, -0.25) is 9.89 Å². The van der Waals surface area contributed by atoms with Crippen LogP contribution < -0.4 is 10.6 Å². The third-order valence-corrected chi connectivity index (χ3v) is 6.70. The van der Waals surface area contributed by atoms with Gasteiger partial charge in [-0.25, -0.2) is 4.98 Å². The molecule has 2 heterocycles. The van der Waals surface area contributed by atoms with Crippen LogP contribution in [0.3, 0.4) is 0 Å². The lowest BCUT2D eigenvalue weighted by Gasteiger charge is -2.48. The predicted octanol–water partition coefficient (Wildman–Crippen LogP) is 2.71. The number of hydrogen-bond acceptors (Lipinski definition) is 5. The van der Waals surface area contributed by atoms with E-state index in [9.17, 15) is 0 Å². The molecule has 26 heavy (non-hydrogen) atoms. The summed E-state index contributed by atoms with van der Waals surface area (Å²) in [6.45, 7) is 7.87. The number of aliphatic imine (C=N–C) groups is 1. The molecule has 1 aliphatic carbocycles. The first-order valence-electron chi connectivity index (χ1n) is 9.83. The Kier molecular flexibility index (Phi) is 6.86. The second kappa shape index (κ2) is 9.13. The van der Waals surface area contributed by atoms with E-state index in [1.807, 2.05) is 20.9 Å². The maximum absolute atomic E-state index is 5.65. The number of nitrogens with zero attached hydrogens (tertiary/aromatic N) is 3. The Hall–Kier alpha value is -1.21. The SMILES string of the molecule is CN=C(NCc1nc(C)c(C)o1)NCC1(N2CCSCC2)CCCCC1. The fraction of sp³-hybridized carbons (Fsp3) is 0.789. The molecular formula is C19H33N5OS. The van der Waals surface area contributed by atoms with E-state index < -0.39 is 0 Å². The quantitative estimate of drug-likeness (QED) is 0.606. The molecule has 3 rings (SSSR count). The van der Waals surface area contributed by atoms with Crippen LogP contribution in [0.5, 0.6) is 0 Å². The summed E-state index contributed by atoms with van der Waals surface area (Å²) >= 11 is 2.08. The molecule has 2 aliphatic rings. The van der Waals surface area contributed by atoms with Crippen LogP contribution in [0.25, 0.3) is 0 Å². The zero-order chi connectivity index (χ0) is 18.4. The van der Waals surface area contributed by atoms with Crippen molar-refractivity contribution in [1.82, 2.24) is 20.5 Å². The summed E-state index contributed by atoms with van der Waals surface area (Å²) in [6.07, 6.45) is 6.64. The highest BCUT2D eigenvalue weighted by atomic mass is 32.2. The maximum Gasteiger partial charge on any atom is 0.214 e. The Balaban J connectivity index is 1.57. The number of hydrogen-bond donors (Lipinski definition) is 2. The van der Waals surface area contributed by atoms with Crippen LogP contribution in [0.2, 0.25) is 0 Å². The topological polar surface area (TPSA) is 65.7 Å². The molecule has 0 unspecified atom stereocenters.